The lowest BCUT2D eigenvalue weighted by atomic mass is 10.2. The molecule has 1 aromatic carbocycles. The van der Waals surface area contributed by atoms with Crippen LogP contribution in [0, 0.1) is 12.8 Å². The maximum atomic E-state index is 12.9. The second kappa shape index (κ2) is 7.06. The van der Waals surface area contributed by atoms with Crippen LogP contribution in [0.2, 0.25) is 0 Å². The Balaban J connectivity index is 2.03. The van der Waals surface area contributed by atoms with Crippen LogP contribution >= 0.6 is 27.7 Å². The van der Waals surface area contributed by atoms with E-state index in [9.17, 15) is 4.79 Å². The summed E-state index contributed by atoms with van der Waals surface area (Å²) in [6.45, 7) is 6.52. The van der Waals surface area contributed by atoms with Gasteiger partial charge >= 0.3 is 0 Å². The molecule has 0 bridgehead atoms. The van der Waals surface area contributed by atoms with E-state index >= 15 is 0 Å². The maximum absolute atomic E-state index is 12.9. The van der Waals surface area contributed by atoms with Crippen molar-refractivity contribution in [3.63, 3.8) is 0 Å². The zero-order valence-electron chi connectivity index (χ0n) is 13.6. The summed E-state index contributed by atoms with van der Waals surface area (Å²) < 4.78 is 7.99. The standard InChI is InChI=1S/C16H17BrN4O2S/c1-9(2)7-21-15(22)12-6-11(17)4-5-13(12)18-16(21)24-8-14-20-19-10(3)23-14/h4-6,9H,7-8H2,1-3H3. The summed E-state index contributed by atoms with van der Waals surface area (Å²) in [5, 5.41) is 9.09. The Bertz CT molecular complexity index is 935. The first kappa shape index (κ1) is 17.2. The van der Waals surface area contributed by atoms with Crippen molar-refractivity contribution in [3.05, 3.63) is 44.8 Å². The fraction of sp³-hybridized carbons (Fsp3) is 0.375. The third-order valence-electron chi connectivity index (χ3n) is 3.32. The van der Waals surface area contributed by atoms with Gasteiger partial charge in [-0.2, -0.15) is 0 Å². The molecule has 3 rings (SSSR count). The lowest BCUT2D eigenvalue weighted by molar-refractivity contribution is 0.472. The van der Waals surface area contributed by atoms with Crippen molar-refractivity contribution in [2.24, 2.45) is 5.92 Å². The summed E-state index contributed by atoms with van der Waals surface area (Å²) in [5.41, 5.74) is 0.659. The number of thioether (sulfide) groups is 1. The molecule has 0 N–H and O–H groups in total. The molecule has 0 atom stereocenters. The fourth-order valence-corrected chi connectivity index (χ4v) is 3.54. The van der Waals surface area contributed by atoms with E-state index in [1.54, 1.807) is 11.5 Å². The molecule has 2 aromatic heterocycles. The Morgan fingerprint density at radius 1 is 1.33 bits per heavy atom. The van der Waals surface area contributed by atoms with Gasteiger partial charge < -0.3 is 4.42 Å². The lowest BCUT2D eigenvalue weighted by Crippen LogP contribution is -2.25. The number of hydrogen-bond acceptors (Lipinski definition) is 6. The van der Waals surface area contributed by atoms with E-state index in [2.05, 4.69) is 45.0 Å². The number of aryl methyl sites for hydroxylation is 1. The zero-order valence-corrected chi connectivity index (χ0v) is 16.0. The molecule has 0 aliphatic rings. The molecule has 0 radical (unpaired) electrons. The number of benzene rings is 1. The van der Waals surface area contributed by atoms with Gasteiger partial charge in [0.05, 0.1) is 16.7 Å². The van der Waals surface area contributed by atoms with Crippen LogP contribution in [0.4, 0.5) is 0 Å². The number of hydrogen-bond donors (Lipinski definition) is 0. The summed E-state index contributed by atoms with van der Waals surface area (Å²) in [6.07, 6.45) is 0. The highest BCUT2D eigenvalue weighted by Gasteiger charge is 2.14. The SMILES string of the molecule is Cc1nnc(CSc2nc3ccc(Br)cc3c(=O)n2CC(C)C)o1. The van der Waals surface area contributed by atoms with E-state index in [1.807, 2.05) is 18.2 Å². The molecule has 3 aromatic rings. The van der Waals surface area contributed by atoms with E-state index in [0.29, 0.717) is 46.1 Å². The van der Waals surface area contributed by atoms with Crippen LogP contribution in [0.15, 0.2) is 37.0 Å². The minimum absolute atomic E-state index is 0.0285. The summed E-state index contributed by atoms with van der Waals surface area (Å²) in [5.74, 6) is 1.87. The minimum Gasteiger partial charge on any atom is -0.425 e. The monoisotopic (exact) mass is 408 g/mol. The van der Waals surface area contributed by atoms with E-state index in [4.69, 9.17) is 4.42 Å². The first-order valence-corrected chi connectivity index (χ1v) is 9.34. The minimum atomic E-state index is -0.0285. The van der Waals surface area contributed by atoms with Crippen molar-refractivity contribution in [1.82, 2.24) is 19.7 Å². The van der Waals surface area contributed by atoms with Crippen molar-refractivity contribution in [2.45, 2.75) is 38.2 Å². The summed E-state index contributed by atoms with van der Waals surface area (Å²) in [6, 6.07) is 5.55. The van der Waals surface area contributed by atoms with Gasteiger partial charge in [-0.3, -0.25) is 9.36 Å². The van der Waals surface area contributed by atoms with Crippen LogP contribution in [0.3, 0.4) is 0 Å². The third kappa shape index (κ3) is 3.70. The molecule has 0 spiro atoms. The molecule has 24 heavy (non-hydrogen) atoms. The molecule has 0 aliphatic carbocycles. The fourth-order valence-electron chi connectivity index (χ4n) is 2.33. The van der Waals surface area contributed by atoms with Crippen LogP contribution < -0.4 is 5.56 Å². The smallest absolute Gasteiger partial charge is 0.262 e. The Kier molecular flexibility index (Phi) is 5.05. The number of nitrogens with zero attached hydrogens (tertiary/aromatic N) is 4. The topological polar surface area (TPSA) is 73.8 Å². The summed E-state index contributed by atoms with van der Waals surface area (Å²) in [7, 11) is 0. The molecule has 8 heteroatoms. The Labute approximate surface area is 151 Å². The molecule has 0 fully saturated rings. The molecule has 2 heterocycles. The number of aromatic nitrogens is 4. The molecule has 0 saturated heterocycles. The van der Waals surface area contributed by atoms with Crippen molar-refractivity contribution in [1.29, 1.82) is 0 Å². The quantitative estimate of drug-likeness (QED) is 0.472. The molecule has 0 amide bonds. The molecular weight excluding hydrogens is 392 g/mol. The largest absolute Gasteiger partial charge is 0.425 e. The van der Waals surface area contributed by atoms with E-state index in [1.165, 1.54) is 11.8 Å². The van der Waals surface area contributed by atoms with Gasteiger partial charge in [-0.1, -0.05) is 41.5 Å². The van der Waals surface area contributed by atoms with Gasteiger partial charge in [0.1, 0.15) is 0 Å². The second-order valence-electron chi connectivity index (χ2n) is 5.87. The van der Waals surface area contributed by atoms with Gasteiger partial charge in [0.25, 0.3) is 5.56 Å². The van der Waals surface area contributed by atoms with E-state index < -0.39 is 0 Å². The second-order valence-corrected chi connectivity index (χ2v) is 7.73. The molecule has 6 nitrogen and oxygen atoms in total. The Morgan fingerprint density at radius 3 is 2.79 bits per heavy atom. The highest BCUT2D eigenvalue weighted by molar-refractivity contribution is 9.10. The highest BCUT2D eigenvalue weighted by atomic mass is 79.9. The van der Waals surface area contributed by atoms with Gasteiger partial charge in [-0.15, -0.1) is 10.2 Å². The average molecular weight is 409 g/mol. The van der Waals surface area contributed by atoms with Crippen molar-refractivity contribution in [3.8, 4) is 0 Å². The van der Waals surface area contributed by atoms with Gasteiger partial charge in [0.2, 0.25) is 11.8 Å². The van der Waals surface area contributed by atoms with Gasteiger partial charge in [-0.05, 0) is 24.1 Å². The van der Waals surface area contributed by atoms with Crippen LogP contribution in [-0.4, -0.2) is 19.7 Å². The Hall–Kier alpha value is -1.67. The maximum Gasteiger partial charge on any atom is 0.262 e. The van der Waals surface area contributed by atoms with Crippen LogP contribution in [0.1, 0.15) is 25.6 Å². The van der Waals surface area contributed by atoms with Crippen LogP contribution in [0.25, 0.3) is 10.9 Å². The van der Waals surface area contributed by atoms with Crippen molar-refractivity contribution in [2.75, 3.05) is 0 Å². The van der Waals surface area contributed by atoms with Crippen molar-refractivity contribution < 1.29 is 4.42 Å². The molecule has 0 saturated carbocycles. The van der Waals surface area contributed by atoms with Crippen LogP contribution in [0.5, 0.6) is 0 Å². The molecular formula is C16H17BrN4O2S. The normalized spacial score (nSPS) is 11.5. The van der Waals surface area contributed by atoms with Gasteiger partial charge in [0.15, 0.2) is 5.16 Å². The zero-order chi connectivity index (χ0) is 17.3. The third-order valence-corrected chi connectivity index (χ3v) is 4.78. The number of halogens is 1. The van der Waals surface area contributed by atoms with Gasteiger partial charge in [-0.25, -0.2) is 4.98 Å². The number of rotatable bonds is 5. The predicted molar refractivity (Wildman–Crippen MR) is 97.1 cm³/mol. The Morgan fingerprint density at radius 2 is 2.12 bits per heavy atom. The summed E-state index contributed by atoms with van der Waals surface area (Å²) >= 11 is 4.85. The summed E-state index contributed by atoms with van der Waals surface area (Å²) in [4.78, 5) is 17.6. The average Bonchev–Trinajstić information content (AvgIpc) is 2.94. The first-order chi connectivity index (χ1) is 11.4. The predicted octanol–water partition coefficient (Wildman–Crippen LogP) is 3.80. The molecule has 0 aliphatic heterocycles. The van der Waals surface area contributed by atoms with Gasteiger partial charge in [0, 0.05) is 17.9 Å². The number of fused-ring (bicyclic) bond motifs is 1. The van der Waals surface area contributed by atoms with Crippen LogP contribution in [-0.2, 0) is 12.3 Å². The first-order valence-electron chi connectivity index (χ1n) is 7.56. The van der Waals surface area contributed by atoms with E-state index in [0.717, 1.165) is 4.47 Å². The van der Waals surface area contributed by atoms with E-state index in [-0.39, 0.29) is 5.56 Å². The van der Waals surface area contributed by atoms with Crippen molar-refractivity contribution >= 4 is 38.6 Å². The molecule has 126 valence electrons. The molecule has 0 unspecified atom stereocenters. The lowest BCUT2D eigenvalue weighted by Gasteiger charge is -2.14. The highest BCUT2D eigenvalue weighted by Crippen LogP contribution is 2.23.